The number of hydrogen-bond acceptors (Lipinski definition) is 5. The Balaban J connectivity index is 2.48. The lowest BCUT2D eigenvalue weighted by molar-refractivity contribution is -0.140. The summed E-state index contributed by atoms with van der Waals surface area (Å²) in [6.45, 7) is 1.84. The molecule has 1 heterocycles. The van der Waals surface area contributed by atoms with Crippen molar-refractivity contribution in [1.82, 2.24) is 10.2 Å². The number of allylic oxidation sites excluding steroid dienone is 1. The lowest BCUT2D eigenvalue weighted by Crippen LogP contribution is -2.32. The molecule has 0 aliphatic carbocycles. The standard InChI is InChI=1S/C16H20N2O4/c1-11(17-7-9-19)13-14(12-5-3-2-4-6-12)18(8-10-20)16(22)15(13)21/h2-6,14,17,19-20H,7-10H2,1H3/b13-11-/t14-/m0/s1. The van der Waals surface area contributed by atoms with Crippen LogP contribution in [0.15, 0.2) is 41.6 Å². The van der Waals surface area contributed by atoms with Crippen LogP contribution in [0.1, 0.15) is 18.5 Å². The van der Waals surface area contributed by atoms with E-state index < -0.39 is 17.7 Å². The lowest BCUT2D eigenvalue weighted by atomic mass is 9.97. The minimum atomic E-state index is -0.608. The summed E-state index contributed by atoms with van der Waals surface area (Å²) in [5.41, 5.74) is 1.76. The largest absolute Gasteiger partial charge is 0.395 e. The molecule has 0 saturated carbocycles. The van der Waals surface area contributed by atoms with Crippen LogP contribution < -0.4 is 5.32 Å². The lowest BCUT2D eigenvalue weighted by Gasteiger charge is -2.25. The smallest absolute Gasteiger partial charge is 0.295 e. The Labute approximate surface area is 129 Å². The zero-order chi connectivity index (χ0) is 16.1. The third kappa shape index (κ3) is 3.03. The van der Waals surface area contributed by atoms with E-state index in [1.54, 1.807) is 6.92 Å². The predicted molar refractivity (Wildman–Crippen MR) is 80.8 cm³/mol. The number of aliphatic hydroxyl groups is 2. The van der Waals surface area contributed by atoms with Crippen LogP contribution in [0.3, 0.4) is 0 Å². The SMILES string of the molecule is C/C(NCCO)=C1/C(=O)C(=O)N(CCO)[C@H]1c1ccccc1. The summed E-state index contributed by atoms with van der Waals surface area (Å²) in [4.78, 5) is 26.0. The number of ketones is 1. The molecule has 118 valence electrons. The second kappa shape index (κ2) is 7.20. The topological polar surface area (TPSA) is 89.9 Å². The highest BCUT2D eigenvalue weighted by molar-refractivity contribution is 6.45. The zero-order valence-electron chi connectivity index (χ0n) is 12.5. The van der Waals surface area contributed by atoms with Gasteiger partial charge in [-0.2, -0.15) is 0 Å². The molecular weight excluding hydrogens is 284 g/mol. The molecule has 1 amide bonds. The van der Waals surface area contributed by atoms with Crippen LogP contribution in [0, 0.1) is 0 Å². The van der Waals surface area contributed by atoms with E-state index in [4.69, 9.17) is 5.11 Å². The number of carbonyl (C=O) groups is 2. The van der Waals surface area contributed by atoms with Gasteiger partial charge >= 0.3 is 0 Å². The zero-order valence-corrected chi connectivity index (χ0v) is 12.5. The fourth-order valence-electron chi connectivity index (χ4n) is 2.68. The molecule has 0 radical (unpaired) electrons. The Morgan fingerprint density at radius 1 is 1.18 bits per heavy atom. The van der Waals surface area contributed by atoms with Crippen LogP contribution in [-0.2, 0) is 9.59 Å². The van der Waals surface area contributed by atoms with Gasteiger partial charge in [-0.05, 0) is 12.5 Å². The average Bonchev–Trinajstić information content (AvgIpc) is 2.79. The van der Waals surface area contributed by atoms with Crippen molar-refractivity contribution in [3.8, 4) is 0 Å². The monoisotopic (exact) mass is 304 g/mol. The van der Waals surface area contributed by atoms with Crippen molar-refractivity contribution in [2.45, 2.75) is 13.0 Å². The van der Waals surface area contributed by atoms with E-state index in [-0.39, 0.29) is 19.8 Å². The van der Waals surface area contributed by atoms with Crippen molar-refractivity contribution in [1.29, 1.82) is 0 Å². The van der Waals surface area contributed by atoms with Crippen molar-refractivity contribution >= 4 is 11.7 Å². The summed E-state index contributed by atoms with van der Waals surface area (Å²) in [5.74, 6) is -1.17. The van der Waals surface area contributed by atoms with Crippen LogP contribution in [0.5, 0.6) is 0 Å². The Kier molecular flexibility index (Phi) is 5.30. The van der Waals surface area contributed by atoms with Crippen LogP contribution in [0.25, 0.3) is 0 Å². The van der Waals surface area contributed by atoms with Gasteiger partial charge in [0.25, 0.3) is 11.7 Å². The first-order valence-electron chi connectivity index (χ1n) is 7.18. The summed E-state index contributed by atoms with van der Waals surface area (Å²) in [6, 6.07) is 8.72. The van der Waals surface area contributed by atoms with Gasteiger partial charge in [-0.3, -0.25) is 9.59 Å². The third-order valence-corrected chi connectivity index (χ3v) is 3.65. The van der Waals surface area contributed by atoms with Gasteiger partial charge in [0.05, 0.1) is 24.8 Å². The van der Waals surface area contributed by atoms with Crippen molar-refractivity contribution < 1.29 is 19.8 Å². The normalized spacial score (nSPS) is 20.5. The average molecular weight is 304 g/mol. The molecule has 2 rings (SSSR count). The second-order valence-electron chi connectivity index (χ2n) is 5.05. The van der Waals surface area contributed by atoms with Gasteiger partial charge in [0.1, 0.15) is 0 Å². The van der Waals surface area contributed by atoms with E-state index in [9.17, 15) is 14.7 Å². The Morgan fingerprint density at radius 3 is 2.45 bits per heavy atom. The molecule has 6 heteroatoms. The van der Waals surface area contributed by atoms with Gasteiger partial charge in [0.2, 0.25) is 0 Å². The maximum absolute atomic E-state index is 12.3. The van der Waals surface area contributed by atoms with E-state index in [0.29, 0.717) is 17.8 Å². The summed E-state index contributed by atoms with van der Waals surface area (Å²) in [5, 5.41) is 21.1. The number of Topliss-reactive ketones (excluding diaryl/α,β-unsaturated/α-hetero) is 1. The molecule has 1 saturated heterocycles. The first kappa shape index (κ1) is 16.2. The van der Waals surface area contributed by atoms with E-state index in [2.05, 4.69) is 5.32 Å². The molecule has 1 atom stereocenters. The Hall–Kier alpha value is -2.18. The second-order valence-corrected chi connectivity index (χ2v) is 5.05. The van der Waals surface area contributed by atoms with E-state index in [1.807, 2.05) is 30.3 Å². The molecule has 1 aromatic rings. The van der Waals surface area contributed by atoms with Gasteiger partial charge in [-0.15, -0.1) is 0 Å². The molecule has 1 aliphatic heterocycles. The van der Waals surface area contributed by atoms with Crippen LogP contribution in [0.2, 0.25) is 0 Å². The van der Waals surface area contributed by atoms with Gasteiger partial charge in [-0.25, -0.2) is 0 Å². The van der Waals surface area contributed by atoms with Crippen molar-refractivity contribution in [2.75, 3.05) is 26.3 Å². The van der Waals surface area contributed by atoms with Crippen molar-refractivity contribution in [2.24, 2.45) is 0 Å². The van der Waals surface area contributed by atoms with E-state index in [0.717, 1.165) is 5.56 Å². The van der Waals surface area contributed by atoms with Crippen molar-refractivity contribution in [3.05, 3.63) is 47.2 Å². The third-order valence-electron chi connectivity index (χ3n) is 3.65. The minimum Gasteiger partial charge on any atom is -0.395 e. The van der Waals surface area contributed by atoms with E-state index >= 15 is 0 Å². The van der Waals surface area contributed by atoms with Gasteiger partial charge in [0, 0.05) is 18.8 Å². The molecule has 0 spiro atoms. The summed E-state index contributed by atoms with van der Waals surface area (Å²) in [7, 11) is 0. The molecule has 0 aromatic heterocycles. The van der Waals surface area contributed by atoms with E-state index in [1.165, 1.54) is 4.90 Å². The number of nitrogens with zero attached hydrogens (tertiary/aromatic N) is 1. The summed E-state index contributed by atoms with van der Waals surface area (Å²) in [6.07, 6.45) is 0. The number of amides is 1. The number of hydrogen-bond donors (Lipinski definition) is 3. The fraction of sp³-hybridized carbons (Fsp3) is 0.375. The number of carbonyl (C=O) groups excluding carboxylic acids is 2. The number of benzene rings is 1. The molecule has 0 bridgehead atoms. The quantitative estimate of drug-likeness (QED) is 0.508. The highest BCUT2D eigenvalue weighted by Crippen LogP contribution is 2.36. The number of nitrogens with one attached hydrogen (secondary N) is 1. The maximum atomic E-state index is 12.3. The van der Waals surface area contributed by atoms with Gasteiger partial charge in [0.15, 0.2) is 0 Å². The molecule has 1 aliphatic rings. The maximum Gasteiger partial charge on any atom is 0.295 e. The van der Waals surface area contributed by atoms with Crippen LogP contribution >= 0.6 is 0 Å². The first-order valence-corrected chi connectivity index (χ1v) is 7.18. The molecule has 1 fully saturated rings. The molecule has 3 N–H and O–H groups in total. The van der Waals surface area contributed by atoms with Gasteiger partial charge in [-0.1, -0.05) is 30.3 Å². The fourth-order valence-corrected chi connectivity index (χ4v) is 2.68. The number of aliphatic hydroxyl groups excluding tert-OH is 2. The summed E-state index contributed by atoms with van der Waals surface area (Å²) >= 11 is 0. The number of rotatable bonds is 6. The van der Waals surface area contributed by atoms with Crippen molar-refractivity contribution in [3.63, 3.8) is 0 Å². The number of likely N-dealkylation sites (tertiary alicyclic amines) is 1. The summed E-state index contributed by atoms with van der Waals surface area (Å²) < 4.78 is 0. The Bertz CT molecular complexity index is 583. The highest BCUT2D eigenvalue weighted by atomic mass is 16.3. The molecule has 1 aromatic carbocycles. The van der Waals surface area contributed by atoms with Crippen LogP contribution in [0.4, 0.5) is 0 Å². The minimum absolute atomic E-state index is 0.0664. The molecule has 0 unspecified atom stereocenters. The van der Waals surface area contributed by atoms with Gasteiger partial charge < -0.3 is 20.4 Å². The molecule has 22 heavy (non-hydrogen) atoms. The highest BCUT2D eigenvalue weighted by Gasteiger charge is 2.44. The number of β-amino-alcohol motifs (C(OH)–C–C–N with tert-alkyl or cyclic N) is 1. The Morgan fingerprint density at radius 2 is 1.86 bits per heavy atom. The first-order chi connectivity index (χ1) is 10.6. The predicted octanol–water partition coefficient (Wildman–Crippen LogP) is -0.0128. The molecular formula is C16H20N2O4. The van der Waals surface area contributed by atoms with Crippen LogP contribution in [-0.4, -0.2) is 53.1 Å². The molecule has 6 nitrogen and oxygen atoms in total.